The second-order valence-corrected chi connectivity index (χ2v) is 8.25. The van der Waals surface area contributed by atoms with E-state index in [4.69, 9.17) is 15.9 Å². The topological polar surface area (TPSA) is 126 Å². The summed E-state index contributed by atoms with van der Waals surface area (Å²) in [5.41, 5.74) is 6.97. The first kappa shape index (κ1) is 20.9. The van der Waals surface area contributed by atoms with E-state index < -0.39 is 16.1 Å². The smallest absolute Gasteiger partial charge is 0.240 e. The Balaban J connectivity index is 1.89. The number of hydrogen-bond donors (Lipinski definition) is 4. The average molecular weight is 391 g/mol. The van der Waals surface area contributed by atoms with Gasteiger partial charge >= 0.3 is 0 Å². The monoisotopic (exact) mass is 391 g/mol. The van der Waals surface area contributed by atoms with Crippen LogP contribution in [0.5, 0.6) is 5.75 Å². The molecule has 2 aromatic carbocycles. The number of benzene rings is 2. The maximum atomic E-state index is 12.3. The number of rotatable bonds is 9. The molecule has 1 unspecified atom stereocenters. The van der Waals surface area contributed by atoms with Gasteiger partial charge in [-0.25, -0.2) is 13.1 Å². The van der Waals surface area contributed by atoms with Gasteiger partial charge in [0.15, 0.2) is 0 Å². The Hall–Kier alpha value is -2.42. The number of nitrogen functional groups attached to an aromatic ring is 1. The number of sulfonamides is 1. The molecule has 0 radical (unpaired) electrons. The van der Waals surface area contributed by atoms with E-state index in [1.165, 1.54) is 0 Å². The van der Waals surface area contributed by atoms with Crippen LogP contribution in [0.25, 0.3) is 0 Å². The number of amidine groups is 1. The Morgan fingerprint density at radius 1 is 1.22 bits per heavy atom. The van der Waals surface area contributed by atoms with Crippen LogP contribution in [0.3, 0.4) is 0 Å². The van der Waals surface area contributed by atoms with Crippen molar-refractivity contribution >= 4 is 15.9 Å². The lowest BCUT2D eigenvalue weighted by molar-refractivity contribution is 0.111. The lowest BCUT2D eigenvalue weighted by atomic mass is 10.0. The molecule has 7 nitrogen and oxygen atoms in total. The van der Waals surface area contributed by atoms with Gasteiger partial charge in [0.05, 0.1) is 4.90 Å². The lowest BCUT2D eigenvalue weighted by Crippen LogP contribution is -2.35. The third kappa shape index (κ3) is 6.06. The Bertz CT molecular complexity index is 880. The largest absolute Gasteiger partial charge is 0.491 e. The SMILES string of the molecule is CC(C)c1ccc(S(=O)(=O)NCC(O)COc2cccc(C(=N)N)c2)cc1. The van der Waals surface area contributed by atoms with Crippen LogP contribution in [0.4, 0.5) is 0 Å². The van der Waals surface area contributed by atoms with Crippen molar-refractivity contribution in [2.75, 3.05) is 13.2 Å². The van der Waals surface area contributed by atoms with E-state index in [2.05, 4.69) is 4.72 Å². The van der Waals surface area contributed by atoms with Crippen molar-refractivity contribution in [1.82, 2.24) is 4.72 Å². The predicted molar refractivity (Wildman–Crippen MR) is 105 cm³/mol. The molecular formula is C19H25N3O4S. The molecule has 0 saturated carbocycles. The molecule has 0 amide bonds. The quantitative estimate of drug-likeness (QED) is 0.383. The summed E-state index contributed by atoms with van der Waals surface area (Å²) in [5.74, 6) is 0.668. The van der Waals surface area contributed by atoms with E-state index >= 15 is 0 Å². The molecule has 0 aliphatic rings. The Labute approximate surface area is 159 Å². The zero-order valence-corrected chi connectivity index (χ0v) is 16.2. The van der Waals surface area contributed by atoms with Gasteiger partial charge in [0.25, 0.3) is 0 Å². The van der Waals surface area contributed by atoms with Crippen LogP contribution in [-0.2, 0) is 10.0 Å². The molecule has 0 heterocycles. The Morgan fingerprint density at radius 3 is 2.48 bits per heavy atom. The van der Waals surface area contributed by atoms with E-state index in [1.54, 1.807) is 48.5 Å². The number of aliphatic hydroxyl groups excluding tert-OH is 1. The molecule has 0 saturated heterocycles. The number of hydrogen-bond acceptors (Lipinski definition) is 5. The third-order valence-electron chi connectivity index (χ3n) is 3.95. The fourth-order valence-corrected chi connectivity index (χ4v) is 3.40. The lowest BCUT2D eigenvalue weighted by Gasteiger charge is -2.14. The Kier molecular flexibility index (Phi) is 6.95. The van der Waals surface area contributed by atoms with Gasteiger partial charge in [0.2, 0.25) is 10.0 Å². The van der Waals surface area contributed by atoms with Crippen molar-refractivity contribution in [1.29, 1.82) is 5.41 Å². The maximum absolute atomic E-state index is 12.3. The zero-order chi connectivity index (χ0) is 20.0. The van der Waals surface area contributed by atoms with Crippen molar-refractivity contribution in [2.45, 2.75) is 30.8 Å². The minimum atomic E-state index is -3.71. The third-order valence-corrected chi connectivity index (χ3v) is 5.39. The van der Waals surface area contributed by atoms with Crippen molar-refractivity contribution in [3.8, 4) is 5.75 Å². The fourth-order valence-electron chi connectivity index (χ4n) is 2.33. The molecule has 8 heteroatoms. The second kappa shape index (κ2) is 8.98. The van der Waals surface area contributed by atoms with Gasteiger partial charge in [0.1, 0.15) is 24.3 Å². The second-order valence-electron chi connectivity index (χ2n) is 6.48. The molecular weight excluding hydrogens is 366 g/mol. The van der Waals surface area contributed by atoms with E-state index in [9.17, 15) is 13.5 Å². The van der Waals surface area contributed by atoms with Crippen LogP contribution in [0.1, 0.15) is 30.9 Å². The summed E-state index contributed by atoms with van der Waals surface area (Å²) in [6.45, 7) is 3.78. The molecule has 1 atom stereocenters. The summed E-state index contributed by atoms with van der Waals surface area (Å²) in [7, 11) is -3.71. The molecule has 0 aliphatic carbocycles. The summed E-state index contributed by atoms with van der Waals surface area (Å²) in [5, 5.41) is 17.4. The van der Waals surface area contributed by atoms with Crippen molar-refractivity contribution in [3.05, 3.63) is 59.7 Å². The highest BCUT2D eigenvalue weighted by atomic mass is 32.2. The van der Waals surface area contributed by atoms with Crippen molar-refractivity contribution < 1.29 is 18.3 Å². The van der Waals surface area contributed by atoms with Gasteiger partial charge in [-0.3, -0.25) is 5.41 Å². The minimum absolute atomic E-state index is 0.0859. The molecule has 5 N–H and O–H groups in total. The summed E-state index contributed by atoms with van der Waals surface area (Å²) in [4.78, 5) is 0.147. The highest BCUT2D eigenvalue weighted by Crippen LogP contribution is 2.17. The standard InChI is InChI=1S/C19H25N3O4S/c1-13(2)14-6-8-18(9-7-14)27(24,25)22-11-16(23)12-26-17-5-3-4-15(10-17)19(20)21/h3-10,13,16,22-23H,11-12H2,1-2H3,(H3,20,21). The number of nitrogens with two attached hydrogens (primary N) is 1. The van der Waals surface area contributed by atoms with Crippen LogP contribution in [0.15, 0.2) is 53.4 Å². The van der Waals surface area contributed by atoms with E-state index in [0.29, 0.717) is 17.2 Å². The molecule has 2 aromatic rings. The van der Waals surface area contributed by atoms with E-state index in [0.717, 1.165) is 5.56 Å². The first-order valence-corrected chi connectivity index (χ1v) is 10.0. The average Bonchev–Trinajstić information content (AvgIpc) is 2.65. The molecule has 0 spiro atoms. The predicted octanol–water partition coefficient (Wildman–Crippen LogP) is 1.81. The zero-order valence-electron chi connectivity index (χ0n) is 15.3. The summed E-state index contributed by atoms with van der Waals surface area (Å²) < 4.78 is 32.4. The van der Waals surface area contributed by atoms with Crippen LogP contribution in [0.2, 0.25) is 0 Å². The molecule has 2 rings (SSSR count). The maximum Gasteiger partial charge on any atom is 0.240 e. The first-order valence-electron chi connectivity index (χ1n) is 8.54. The first-order chi connectivity index (χ1) is 12.7. The molecule has 0 aromatic heterocycles. The molecule has 0 aliphatic heterocycles. The van der Waals surface area contributed by atoms with E-state index in [-0.39, 0.29) is 23.9 Å². The van der Waals surface area contributed by atoms with Crippen molar-refractivity contribution in [2.24, 2.45) is 5.73 Å². The molecule has 27 heavy (non-hydrogen) atoms. The number of aliphatic hydroxyl groups is 1. The summed E-state index contributed by atoms with van der Waals surface area (Å²) >= 11 is 0. The molecule has 146 valence electrons. The van der Waals surface area contributed by atoms with Gasteiger partial charge < -0.3 is 15.6 Å². The van der Waals surface area contributed by atoms with Crippen LogP contribution in [0, 0.1) is 5.41 Å². The van der Waals surface area contributed by atoms with Gasteiger partial charge in [-0.05, 0) is 35.7 Å². The summed E-state index contributed by atoms with van der Waals surface area (Å²) in [6, 6.07) is 13.3. The number of ether oxygens (including phenoxy) is 1. The van der Waals surface area contributed by atoms with Gasteiger partial charge in [-0.1, -0.05) is 38.1 Å². The van der Waals surface area contributed by atoms with Gasteiger partial charge in [-0.2, -0.15) is 0 Å². The number of nitrogens with one attached hydrogen (secondary N) is 2. The highest BCUT2D eigenvalue weighted by molar-refractivity contribution is 7.89. The normalized spacial score (nSPS) is 12.7. The molecule has 0 fully saturated rings. The van der Waals surface area contributed by atoms with Gasteiger partial charge in [0, 0.05) is 12.1 Å². The minimum Gasteiger partial charge on any atom is -0.491 e. The van der Waals surface area contributed by atoms with E-state index in [1.807, 2.05) is 13.8 Å². The van der Waals surface area contributed by atoms with Crippen molar-refractivity contribution in [3.63, 3.8) is 0 Å². The van der Waals surface area contributed by atoms with Crippen LogP contribution in [-0.4, -0.2) is 38.6 Å². The van der Waals surface area contributed by atoms with Crippen LogP contribution >= 0.6 is 0 Å². The summed E-state index contributed by atoms with van der Waals surface area (Å²) in [6.07, 6.45) is -1.03. The van der Waals surface area contributed by atoms with Gasteiger partial charge in [-0.15, -0.1) is 0 Å². The fraction of sp³-hybridized carbons (Fsp3) is 0.316. The van der Waals surface area contributed by atoms with Crippen LogP contribution < -0.4 is 15.2 Å². The Morgan fingerprint density at radius 2 is 1.89 bits per heavy atom. The molecule has 0 bridgehead atoms. The highest BCUT2D eigenvalue weighted by Gasteiger charge is 2.16.